The Balaban J connectivity index is 2.39. The van der Waals surface area contributed by atoms with E-state index in [0.717, 1.165) is 18.4 Å². The normalized spacial score (nSPS) is 13.3. The monoisotopic (exact) mass is 455 g/mol. The molecule has 1 aromatic heterocycles. The largest absolute Gasteiger partial charge is 0.415 e. The van der Waals surface area contributed by atoms with Crippen LogP contribution in [0.3, 0.4) is 0 Å². The first-order valence-corrected chi connectivity index (χ1v) is 19.2. The molecule has 0 saturated heterocycles. The van der Waals surface area contributed by atoms with E-state index in [9.17, 15) is 0 Å². The van der Waals surface area contributed by atoms with Gasteiger partial charge in [-0.15, -0.1) is 0 Å². The number of allylic oxidation sites excluding steroid dienone is 1. The molecule has 0 atom stereocenters. The van der Waals surface area contributed by atoms with Crippen LogP contribution in [0.25, 0.3) is 0 Å². The molecular weight excluding hydrogens is 414 g/mol. The maximum absolute atomic E-state index is 6.42. The van der Waals surface area contributed by atoms with Gasteiger partial charge in [0, 0.05) is 19.0 Å². The number of hydrogen-bond donors (Lipinski definition) is 0. The van der Waals surface area contributed by atoms with Crippen LogP contribution in [0.15, 0.2) is 36.7 Å². The fourth-order valence-electron chi connectivity index (χ4n) is 3.12. The van der Waals surface area contributed by atoms with E-state index in [2.05, 4.69) is 63.3 Å². The molecule has 5 nitrogen and oxygen atoms in total. The second-order valence-corrected chi connectivity index (χ2v) is 19.3. The molecule has 1 heterocycles. The van der Waals surface area contributed by atoms with Crippen molar-refractivity contribution in [1.82, 2.24) is 4.98 Å². The minimum absolute atomic E-state index is 0.513. The van der Waals surface area contributed by atoms with Crippen molar-refractivity contribution in [3.63, 3.8) is 0 Å². The van der Waals surface area contributed by atoms with Crippen LogP contribution in [0.5, 0.6) is 0 Å². The van der Waals surface area contributed by atoms with Gasteiger partial charge in [0.05, 0.1) is 6.61 Å². The quantitative estimate of drug-likeness (QED) is 0.177. The predicted molar refractivity (Wildman–Crippen MR) is 127 cm³/mol. The number of nitrogens with zero attached hydrogens (tertiary/aromatic N) is 1. The lowest BCUT2D eigenvalue weighted by Gasteiger charge is -2.37. The van der Waals surface area contributed by atoms with E-state index in [-0.39, 0.29) is 0 Å². The van der Waals surface area contributed by atoms with Crippen molar-refractivity contribution in [3.8, 4) is 0 Å². The van der Waals surface area contributed by atoms with Gasteiger partial charge in [-0.2, -0.15) is 0 Å². The zero-order valence-electron chi connectivity index (χ0n) is 19.5. The van der Waals surface area contributed by atoms with Crippen molar-refractivity contribution in [2.75, 3.05) is 6.61 Å². The highest BCUT2D eigenvalue weighted by Crippen LogP contribution is 2.22. The highest BCUT2D eigenvalue weighted by atomic mass is 28.5. The van der Waals surface area contributed by atoms with Crippen molar-refractivity contribution in [2.45, 2.75) is 84.9 Å². The summed E-state index contributed by atoms with van der Waals surface area (Å²) in [7, 11) is -6.93. The van der Waals surface area contributed by atoms with Gasteiger partial charge in [0.25, 0.3) is 0 Å². The second-order valence-electron chi connectivity index (χ2n) is 8.66. The summed E-state index contributed by atoms with van der Waals surface area (Å²) in [5.74, 6) is 0. The van der Waals surface area contributed by atoms with Crippen LogP contribution in [0, 0.1) is 0 Å². The smallest absolute Gasteiger partial charge is 0.323 e. The Morgan fingerprint density at radius 1 is 0.862 bits per heavy atom. The van der Waals surface area contributed by atoms with Crippen molar-refractivity contribution < 1.29 is 17.1 Å². The Morgan fingerprint density at radius 2 is 1.52 bits per heavy atom. The highest BCUT2D eigenvalue weighted by Gasteiger charge is 2.41. The summed E-state index contributed by atoms with van der Waals surface area (Å²) in [4.78, 5) is 4.13. The Morgan fingerprint density at radius 3 is 2.14 bits per heavy atom. The molecule has 0 spiro atoms. The third-order valence-corrected chi connectivity index (χ3v) is 13.8. The molecule has 0 aromatic carbocycles. The molecule has 1 rings (SSSR count). The molecular formula is C21H41NO4Si3. The number of unbranched alkanes of at least 4 members (excludes halogenated alkanes) is 3. The first-order chi connectivity index (χ1) is 13.6. The summed E-state index contributed by atoms with van der Waals surface area (Å²) >= 11 is 0. The van der Waals surface area contributed by atoms with E-state index in [1.165, 1.54) is 19.3 Å². The minimum atomic E-state index is -2.36. The van der Waals surface area contributed by atoms with Gasteiger partial charge in [0.1, 0.15) is 0 Å². The number of rotatable bonds is 15. The maximum atomic E-state index is 6.42. The molecule has 0 bridgehead atoms. The van der Waals surface area contributed by atoms with E-state index >= 15 is 0 Å². The van der Waals surface area contributed by atoms with Crippen molar-refractivity contribution in [2.24, 2.45) is 0 Å². The molecule has 0 aliphatic heterocycles. The van der Waals surface area contributed by atoms with E-state index < -0.39 is 25.7 Å². The van der Waals surface area contributed by atoms with Gasteiger partial charge in [0.2, 0.25) is 0 Å². The summed E-state index contributed by atoms with van der Waals surface area (Å²) in [6.07, 6.45) is 14.0. The molecule has 0 unspecified atom stereocenters. The van der Waals surface area contributed by atoms with Crippen LogP contribution in [0.4, 0.5) is 0 Å². The number of pyridine rings is 1. The number of hydrogen-bond acceptors (Lipinski definition) is 5. The molecule has 166 valence electrons. The Bertz CT molecular complexity index is 595. The summed E-state index contributed by atoms with van der Waals surface area (Å²) in [6, 6.07) is 3.93. The fourth-order valence-corrected chi connectivity index (χ4v) is 14.7. The van der Waals surface area contributed by atoms with Crippen LogP contribution in [0.2, 0.25) is 39.3 Å². The molecule has 0 saturated carbocycles. The standard InChI is InChI=1S/C21H41NO4Si3/c1-8-9-10-11-12-13-14-18-23-27(2,3)25-29(6,7)26-28(4,5)24-20-21-16-15-17-22-19-21/h12-13,15-17,19H,8-11,14,18,20H2,1-7H3/b13-12-. The van der Waals surface area contributed by atoms with E-state index in [1.54, 1.807) is 6.20 Å². The van der Waals surface area contributed by atoms with Crippen LogP contribution in [0.1, 0.15) is 44.6 Å². The van der Waals surface area contributed by atoms with E-state index in [4.69, 9.17) is 17.1 Å². The van der Waals surface area contributed by atoms with Gasteiger partial charge in [0.15, 0.2) is 0 Å². The Labute approximate surface area is 181 Å². The molecule has 0 radical (unpaired) electrons. The van der Waals surface area contributed by atoms with Crippen molar-refractivity contribution >= 4 is 25.7 Å². The van der Waals surface area contributed by atoms with Gasteiger partial charge in [-0.1, -0.05) is 38.0 Å². The Hall–Kier alpha value is -0.619. The van der Waals surface area contributed by atoms with Crippen LogP contribution < -0.4 is 0 Å². The fraction of sp³-hybridized carbons (Fsp3) is 0.667. The lowest BCUT2D eigenvalue weighted by Crippen LogP contribution is -2.54. The molecule has 0 fully saturated rings. The SMILES string of the molecule is CCCCC/C=C\CCO[Si](C)(C)O[Si](C)(C)O[Si](C)(C)OCc1cccnc1. The lowest BCUT2D eigenvalue weighted by molar-refractivity contribution is 0.200. The third kappa shape index (κ3) is 13.3. The molecule has 8 heteroatoms. The average Bonchev–Trinajstić information content (AvgIpc) is 2.61. The lowest BCUT2D eigenvalue weighted by atomic mass is 10.2. The van der Waals surface area contributed by atoms with Gasteiger partial charge in [-0.25, -0.2) is 0 Å². The molecule has 0 aliphatic carbocycles. The van der Waals surface area contributed by atoms with Gasteiger partial charge >= 0.3 is 25.7 Å². The molecule has 29 heavy (non-hydrogen) atoms. The third-order valence-electron chi connectivity index (χ3n) is 4.17. The topological polar surface area (TPSA) is 49.8 Å². The number of aromatic nitrogens is 1. The van der Waals surface area contributed by atoms with Crippen molar-refractivity contribution in [1.29, 1.82) is 0 Å². The molecule has 0 N–H and O–H groups in total. The first-order valence-electron chi connectivity index (χ1n) is 10.8. The Kier molecular flexibility index (Phi) is 11.8. The summed E-state index contributed by atoms with van der Waals surface area (Å²) in [5, 5.41) is 0. The van der Waals surface area contributed by atoms with E-state index in [0.29, 0.717) is 13.2 Å². The maximum Gasteiger partial charge on any atom is 0.323 e. The average molecular weight is 456 g/mol. The zero-order valence-corrected chi connectivity index (χ0v) is 22.5. The summed E-state index contributed by atoms with van der Waals surface area (Å²) in [5.41, 5.74) is 1.05. The molecule has 1 aromatic rings. The summed E-state index contributed by atoms with van der Waals surface area (Å²) < 4.78 is 25.1. The second kappa shape index (κ2) is 12.9. The van der Waals surface area contributed by atoms with Crippen LogP contribution in [-0.2, 0) is 23.7 Å². The molecule has 0 aliphatic rings. The predicted octanol–water partition coefficient (Wildman–Crippen LogP) is 6.28. The van der Waals surface area contributed by atoms with Gasteiger partial charge in [-0.3, -0.25) is 4.98 Å². The molecule has 0 amide bonds. The van der Waals surface area contributed by atoms with E-state index in [1.807, 2.05) is 18.3 Å². The first kappa shape index (κ1) is 26.4. The van der Waals surface area contributed by atoms with Gasteiger partial charge in [-0.05, 0) is 70.2 Å². The summed E-state index contributed by atoms with van der Waals surface area (Å²) in [6.45, 7) is 16.0. The zero-order chi connectivity index (χ0) is 21.8. The van der Waals surface area contributed by atoms with Crippen LogP contribution in [-0.4, -0.2) is 37.3 Å². The van der Waals surface area contributed by atoms with Crippen LogP contribution >= 0.6 is 0 Å². The van der Waals surface area contributed by atoms with Crippen molar-refractivity contribution in [3.05, 3.63) is 42.2 Å². The van der Waals surface area contributed by atoms with Gasteiger partial charge < -0.3 is 17.1 Å². The minimum Gasteiger partial charge on any atom is -0.415 e. The highest BCUT2D eigenvalue weighted by molar-refractivity contribution is 6.84.